The summed E-state index contributed by atoms with van der Waals surface area (Å²) in [6, 6.07) is 0. The molecule has 0 radical (unpaired) electrons. The highest BCUT2D eigenvalue weighted by Crippen LogP contribution is 2.10. The first-order chi connectivity index (χ1) is 3.39. The third kappa shape index (κ3) is 1.70. The molecule has 42 valence electrons. The summed E-state index contributed by atoms with van der Waals surface area (Å²) in [5.41, 5.74) is 0. The number of hydrogen-bond donors (Lipinski definition) is 1. The number of ether oxygens (including phenoxy) is 1. The van der Waals surface area contributed by atoms with E-state index in [1.807, 2.05) is 0 Å². The van der Waals surface area contributed by atoms with Crippen LogP contribution in [0, 0.1) is 0 Å². The van der Waals surface area contributed by atoms with Crippen LogP contribution < -0.4 is 0 Å². The lowest BCUT2D eigenvalue weighted by atomic mass is 10.2. The maximum atomic E-state index is 5.11. The Hall–Kier alpha value is 0.310. The van der Waals surface area contributed by atoms with E-state index in [2.05, 4.69) is 12.6 Å². The minimum Gasteiger partial charge on any atom is -0.380 e. The van der Waals surface area contributed by atoms with Crippen LogP contribution in [0.1, 0.15) is 12.8 Å². The van der Waals surface area contributed by atoms with Gasteiger partial charge in [-0.25, -0.2) is 0 Å². The molecule has 0 amide bonds. The molecule has 0 saturated carbocycles. The monoisotopic (exact) mass is 118 g/mol. The second-order valence-corrected chi connectivity index (χ2v) is 2.60. The zero-order valence-corrected chi connectivity index (χ0v) is 5.16. The summed E-state index contributed by atoms with van der Waals surface area (Å²) in [5.74, 6) is 0. The highest BCUT2D eigenvalue weighted by atomic mass is 32.1. The molecule has 1 aliphatic heterocycles. The van der Waals surface area contributed by atoms with Crippen molar-refractivity contribution in [1.82, 2.24) is 0 Å². The van der Waals surface area contributed by atoms with Crippen molar-refractivity contribution in [2.45, 2.75) is 18.1 Å². The normalized spacial score (nSPS) is 33.0. The molecule has 1 atom stereocenters. The van der Waals surface area contributed by atoms with Gasteiger partial charge in [0.2, 0.25) is 0 Å². The second-order valence-electron chi connectivity index (χ2n) is 1.87. The van der Waals surface area contributed by atoms with Crippen molar-refractivity contribution < 1.29 is 4.74 Å². The summed E-state index contributed by atoms with van der Waals surface area (Å²) in [6.45, 7) is 1.79. The molecule has 0 spiro atoms. The molecule has 0 aliphatic carbocycles. The second kappa shape index (κ2) is 2.58. The van der Waals surface area contributed by atoms with E-state index < -0.39 is 0 Å². The van der Waals surface area contributed by atoms with E-state index >= 15 is 0 Å². The van der Waals surface area contributed by atoms with Crippen molar-refractivity contribution in [2.75, 3.05) is 13.2 Å². The van der Waals surface area contributed by atoms with Crippen LogP contribution in [0.25, 0.3) is 0 Å². The van der Waals surface area contributed by atoms with E-state index in [-0.39, 0.29) is 0 Å². The predicted molar refractivity (Wildman–Crippen MR) is 32.8 cm³/mol. The van der Waals surface area contributed by atoms with Crippen molar-refractivity contribution in [3.05, 3.63) is 0 Å². The van der Waals surface area contributed by atoms with Crippen molar-refractivity contribution >= 4 is 12.6 Å². The molecule has 1 aliphatic rings. The van der Waals surface area contributed by atoms with E-state index in [4.69, 9.17) is 4.74 Å². The lowest BCUT2D eigenvalue weighted by Gasteiger charge is -2.15. The molecular formula is C5H10OS. The summed E-state index contributed by atoms with van der Waals surface area (Å²) in [5, 5.41) is 0.508. The molecule has 0 aromatic carbocycles. The Morgan fingerprint density at radius 3 is 2.71 bits per heavy atom. The van der Waals surface area contributed by atoms with Crippen LogP contribution in [0.3, 0.4) is 0 Å². The fourth-order valence-electron chi connectivity index (χ4n) is 0.724. The Kier molecular flexibility index (Phi) is 2.00. The summed E-state index contributed by atoms with van der Waals surface area (Å²) < 4.78 is 5.11. The fourth-order valence-corrected chi connectivity index (χ4v) is 1.01. The first-order valence-corrected chi connectivity index (χ1v) is 3.17. The Morgan fingerprint density at radius 1 is 1.57 bits per heavy atom. The van der Waals surface area contributed by atoms with Crippen molar-refractivity contribution in [1.29, 1.82) is 0 Å². The maximum Gasteiger partial charge on any atom is 0.0582 e. The van der Waals surface area contributed by atoms with Gasteiger partial charge in [0.05, 0.1) is 6.61 Å². The number of hydrogen-bond acceptors (Lipinski definition) is 2. The fraction of sp³-hybridized carbons (Fsp3) is 1.00. The van der Waals surface area contributed by atoms with Gasteiger partial charge in [-0.3, -0.25) is 0 Å². The first kappa shape index (κ1) is 5.45. The first-order valence-electron chi connectivity index (χ1n) is 2.65. The van der Waals surface area contributed by atoms with Crippen molar-refractivity contribution in [3.63, 3.8) is 0 Å². The number of rotatable bonds is 0. The predicted octanol–water partition coefficient (Wildman–Crippen LogP) is 1.10. The van der Waals surface area contributed by atoms with Crippen LogP contribution in [0.4, 0.5) is 0 Å². The molecule has 0 unspecified atom stereocenters. The molecule has 0 bridgehead atoms. The molecule has 1 saturated heterocycles. The third-order valence-electron chi connectivity index (χ3n) is 1.14. The zero-order chi connectivity index (χ0) is 5.11. The Bertz CT molecular complexity index is 50.0. The van der Waals surface area contributed by atoms with Gasteiger partial charge in [0, 0.05) is 11.9 Å². The van der Waals surface area contributed by atoms with Crippen LogP contribution in [-0.2, 0) is 4.74 Å². The minimum atomic E-state index is 0.508. The average Bonchev–Trinajstić information content (AvgIpc) is 1.69. The molecule has 1 fully saturated rings. The van der Waals surface area contributed by atoms with Gasteiger partial charge >= 0.3 is 0 Å². The van der Waals surface area contributed by atoms with E-state index in [0.717, 1.165) is 13.2 Å². The van der Waals surface area contributed by atoms with Crippen LogP contribution in [0.2, 0.25) is 0 Å². The molecular weight excluding hydrogens is 108 g/mol. The molecule has 1 nitrogen and oxygen atoms in total. The zero-order valence-electron chi connectivity index (χ0n) is 4.26. The lowest BCUT2D eigenvalue weighted by molar-refractivity contribution is 0.102. The van der Waals surface area contributed by atoms with Gasteiger partial charge in [0.1, 0.15) is 0 Å². The largest absolute Gasteiger partial charge is 0.380 e. The molecule has 2 heteroatoms. The molecule has 1 heterocycles. The Labute approximate surface area is 49.5 Å². The maximum absolute atomic E-state index is 5.11. The van der Waals surface area contributed by atoms with E-state index in [1.54, 1.807) is 0 Å². The summed E-state index contributed by atoms with van der Waals surface area (Å²) in [6.07, 6.45) is 2.41. The van der Waals surface area contributed by atoms with Gasteiger partial charge < -0.3 is 4.74 Å². The highest BCUT2D eigenvalue weighted by Gasteiger charge is 2.07. The van der Waals surface area contributed by atoms with Crippen molar-refractivity contribution in [2.24, 2.45) is 0 Å². The van der Waals surface area contributed by atoms with Gasteiger partial charge in [0.25, 0.3) is 0 Å². The van der Waals surface area contributed by atoms with Gasteiger partial charge in [-0.05, 0) is 12.8 Å². The topological polar surface area (TPSA) is 9.23 Å². The third-order valence-corrected chi connectivity index (χ3v) is 1.54. The number of thiol groups is 1. The van der Waals surface area contributed by atoms with Gasteiger partial charge in [0.15, 0.2) is 0 Å². The van der Waals surface area contributed by atoms with Crippen LogP contribution in [0.15, 0.2) is 0 Å². The van der Waals surface area contributed by atoms with E-state index in [0.29, 0.717) is 5.25 Å². The van der Waals surface area contributed by atoms with E-state index in [9.17, 15) is 0 Å². The molecule has 0 aromatic rings. The highest BCUT2D eigenvalue weighted by molar-refractivity contribution is 7.81. The molecule has 1 rings (SSSR count). The van der Waals surface area contributed by atoms with Gasteiger partial charge in [-0.15, -0.1) is 0 Å². The summed E-state index contributed by atoms with van der Waals surface area (Å²) >= 11 is 4.24. The molecule has 0 aromatic heterocycles. The summed E-state index contributed by atoms with van der Waals surface area (Å²) in [7, 11) is 0. The molecule has 7 heavy (non-hydrogen) atoms. The summed E-state index contributed by atoms with van der Waals surface area (Å²) in [4.78, 5) is 0. The lowest BCUT2D eigenvalue weighted by Crippen LogP contribution is -2.16. The van der Waals surface area contributed by atoms with Gasteiger partial charge in [-0.1, -0.05) is 0 Å². The van der Waals surface area contributed by atoms with E-state index in [1.165, 1.54) is 12.8 Å². The minimum absolute atomic E-state index is 0.508. The van der Waals surface area contributed by atoms with Crippen LogP contribution >= 0.6 is 12.6 Å². The van der Waals surface area contributed by atoms with Crippen molar-refractivity contribution in [3.8, 4) is 0 Å². The Morgan fingerprint density at radius 2 is 2.43 bits per heavy atom. The smallest absolute Gasteiger partial charge is 0.0582 e. The van der Waals surface area contributed by atoms with Gasteiger partial charge in [-0.2, -0.15) is 12.6 Å². The van der Waals surface area contributed by atoms with Crippen LogP contribution in [0.5, 0.6) is 0 Å². The average molecular weight is 118 g/mol. The Balaban J connectivity index is 2.12. The SMILES string of the molecule is S[C@@H]1CCCOC1. The molecule has 0 N–H and O–H groups in total. The quantitative estimate of drug-likeness (QED) is 0.468. The standard InChI is InChI=1S/C5H10OS/c7-5-2-1-3-6-4-5/h5,7H,1-4H2/t5-/m1/s1. The van der Waals surface area contributed by atoms with Crippen LogP contribution in [-0.4, -0.2) is 18.5 Å².